The smallest absolute Gasteiger partial charge is 0.416 e. The van der Waals surface area contributed by atoms with Crippen molar-refractivity contribution in [2.24, 2.45) is 0 Å². The molecule has 1 N–H and O–H groups in total. The van der Waals surface area contributed by atoms with E-state index in [0.717, 1.165) is 24.0 Å². The molecule has 12 heteroatoms. The van der Waals surface area contributed by atoms with E-state index in [4.69, 9.17) is 9.47 Å². The molecule has 0 spiro atoms. The number of carbonyl (C=O) groups excluding carboxylic acids is 1. The molecule has 2 atom stereocenters. The van der Waals surface area contributed by atoms with Gasteiger partial charge in [0.05, 0.1) is 29.8 Å². The third-order valence-corrected chi connectivity index (χ3v) is 7.05. The summed E-state index contributed by atoms with van der Waals surface area (Å²) in [4.78, 5) is 25.7. The van der Waals surface area contributed by atoms with Crippen molar-refractivity contribution >= 4 is 17.6 Å². The predicted octanol–water partition coefficient (Wildman–Crippen LogP) is 7.34. The number of rotatable bonds is 6. The molecule has 2 unspecified atom stereocenters. The zero-order valence-electron chi connectivity index (χ0n) is 20.9. The quantitative estimate of drug-likeness (QED) is 0.376. The van der Waals surface area contributed by atoms with E-state index in [1.807, 2.05) is 0 Å². The molecule has 2 aromatic carbocycles. The van der Waals surface area contributed by atoms with Gasteiger partial charge in [0.2, 0.25) is 0 Å². The summed E-state index contributed by atoms with van der Waals surface area (Å²) >= 11 is 0. The van der Waals surface area contributed by atoms with Crippen molar-refractivity contribution in [1.29, 1.82) is 0 Å². The number of methoxy groups -OCH3 is 1. The van der Waals surface area contributed by atoms with Crippen LogP contribution in [0.5, 0.6) is 5.75 Å². The van der Waals surface area contributed by atoms with Crippen LogP contribution in [0.15, 0.2) is 42.0 Å². The molecule has 1 heterocycles. The first-order valence-corrected chi connectivity index (χ1v) is 12.1. The number of halogens is 6. The summed E-state index contributed by atoms with van der Waals surface area (Å²) < 4.78 is 91.1. The lowest BCUT2D eigenvalue weighted by Gasteiger charge is -2.28. The molecule has 2 aromatic rings. The van der Waals surface area contributed by atoms with Crippen LogP contribution in [0.1, 0.15) is 71.3 Å². The Hall–Kier alpha value is -3.70. The van der Waals surface area contributed by atoms with Crippen LogP contribution in [0.25, 0.3) is 5.57 Å². The Morgan fingerprint density at radius 2 is 1.64 bits per heavy atom. The van der Waals surface area contributed by atoms with Crippen molar-refractivity contribution in [1.82, 2.24) is 4.90 Å². The summed E-state index contributed by atoms with van der Waals surface area (Å²) in [6.07, 6.45) is -9.60. The number of hydrogen-bond acceptors (Lipinski definition) is 4. The van der Waals surface area contributed by atoms with E-state index in [-0.39, 0.29) is 18.2 Å². The Morgan fingerprint density at radius 1 is 1.03 bits per heavy atom. The third kappa shape index (κ3) is 5.84. The van der Waals surface area contributed by atoms with Gasteiger partial charge in [-0.15, -0.1) is 0 Å². The molecule has 210 valence electrons. The van der Waals surface area contributed by atoms with Gasteiger partial charge >= 0.3 is 24.4 Å². The van der Waals surface area contributed by atoms with E-state index in [2.05, 4.69) is 0 Å². The standard InChI is InChI=1S/C27H25F6NO5/c1-14-23(17-9-18(26(28,29)30)12-19(10-17)27(31,32)33)39-25(37)34(14)13-16-5-3-4-6-20(16)21-11-15(24(35)36)7-8-22(21)38-2/h7-12,14,23H,3-6,13H2,1-2H3,(H,35,36). The van der Waals surface area contributed by atoms with E-state index in [1.165, 1.54) is 37.1 Å². The van der Waals surface area contributed by atoms with E-state index in [0.29, 0.717) is 36.3 Å². The topological polar surface area (TPSA) is 76.1 Å². The fourth-order valence-electron chi connectivity index (χ4n) is 5.05. The van der Waals surface area contributed by atoms with Crippen molar-refractivity contribution < 1.29 is 50.5 Å². The Kier molecular flexibility index (Phi) is 7.59. The first kappa shape index (κ1) is 28.3. The number of carboxylic acid groups (broad SMARTS) is 1. The summed E-state index contributed by atoms with van der Waals surface area (Å²) in [7, 11) is 1.44. The largest absolute Gasteiger partial charge is 0.496 e. The molecular formula is C27H25F6NO5. The highest BCUT2D eigenvalue weighted by atomic mass is 19.4. The fourth-order valence-corrected chi connectivity index (χ4v) is 5.05. The van der Waals surface area contributed by atoms with Crippen molar-refractivity contribution in [2.45, 2.75) is 57.1 Å². The number of benzene rings is 2. The van der Waals surface area contributed by atoms with E-state index in [9.17, 15) is 41.0 Å². The average Bonchev–Trinajstić information content (AvgIpc) is 3.15. The van der Waals surface area contributed by atoms with Crippen molar-refractivity contribution in [3.05, 3.63) is 69.8 Å². The molecule has 1 amide bonds. The number of carboxylic acids is 1. The maximum absolute atomic E-state index is 13.4. The molecule has 6 nitrogen and oxygen atoms in total. The number of cyclic esters (lactones) is 1. The zero-order chi connectivity index (χ0) is 28.7. The van der Waals surface area contributed by atoms with Crippen molar-refractivity contribution in [2.75, 3.05) is 13.7 Å². The molecule has 4 rings (SSSR count). The lowest BCUT2D eigenvalue weighted by molar-refractivity contribution is -0.143. The summed E-state index contributed by atoms with van der Waals surface area (Å²) in [5.41, 5.74) is -1.23. The summed E-state index contributed by atoms with van der Waals surface area (Å²) in [5.74, 6) is -0.691. The van der Waals surface area contributed by atoms with Crippen LogP contribution in [-0.2, 0) is 17.1 Å². The van der Waals surface area contributed by atoms with Crippen LogP contribution >= 0.6 is 0 Å². The van der Waals surface area contributed by atoms with Crippen LogP contribution in [0.4, 0.5) is 31.1 Å². The highest BCUT2D eigenvalue weighted by Crippen LogP contribution is 2.42. The molecule has 1 fully saturated rings. The minimum Gasteiger partial charge on any atom is -0.496 e. The first-order valence-electron chi connectivity index (χ1n) is 12.1. The van der Waals surface area contributed by atoms with E-state index < -0.39 is 53.3 Å². The predicted molar refractivity (Wildman–Crippen MR) is 127 cm³/mol. The molecule has 1 aliphatic heterocycles. The van der Waals surface area contributed by atoms with Crippen LogP contribution in [-0.4, -0.2) is 41.8 Å². The van der Waals surface area contributed by atoms with Crippen LogP contribution < -0.4 is 4.74 Å². The van der Waals surface area contributed by atoms with Gasteiger partial charge in [-0.25, -0.2) is 9.59 Å². The summed E-state index contributed by atoms with van der Waals surface area (Å²) in [6.45, 7) is 1.51. The highest BCUT2D eigenvalue weighted by Gasteiger charge is 2.43. The van der Waals surface area contributed by atoms with Gasteiger partial charge in [0, 0.05) is 12.1 Å². The molecule has 0 saturated carbocycles. The van der Waals surface area contributed by atoms with E-state index in [1.54, 1.807) is 0 Å². The summed E-state index contributed by atoms with van der Waals surface area (Å²) in [6, 6.07) is 4.71. The molecule has 1 aliphatic carbocycles. The Labute approximate surface area is 219 Å². The zero-order valence-corrected chi connectivity index (χ0v) is 20.9. The monoisotopic (exact) mass is 557 g/mol. The Balaban J connectivity index is 1.70. The van der Waals surface area contributed by atoms with Crippen molar-refractivity contribution in [3.63, 3.8) is 0 Å². The number of allylic oxidation sites excluding steroid dienone is 1. The summed E-state index contributed by atoms with van der Waals surface area (Å²) in [5, 5.41) is 9.45. The molecule has 2 aliphatic rings. The molecule has 0 bridgehead atoms. The fraction of sp³-hybridized carbons (Fsp3) is 0.407. The number of alkyl halides is 6. The molecule has 0 radical (unpaired) electrons. The average molecular weight is 557 g/mol. The van der Waals surface area contributed by atoms with Crippen LogP contribution in [0.3, 0.4) is 0 Å². The highest BCUT2D eigenvalue weighted by molar-refractivity contribution is 5.90. The van der Waals surface area contributed by atoms with Gasteiger partial charge in [-0.05, 0) is 85.7 Å². The SMILES string of the molecule is COc1ccc(C(=O)O)cc1C1=C(CN2C(=O)OC(c3cc(C(F)(F)F)cc(C(F)(F)F)c3)C2C)CCCC1. The minimum absolute atomic E-state index is 0.0113. The lowest BCUT2D eigenvalue weighted by atomic mass is 9.85. The second-order valence-electron chi connectivity index (χ2n) is 9.52. The Morgan fingerprint density at radius 3 is 2.21 bits per heavy atom. The van der Waals surface area contributed by atoms with Gasteiger partial charge < -0.3 is 14.6 Å². The first-order chi connectivity index (χ1) is 18.2. The van der Waals surface area contributed by atoms with Gasteiger partial charge in [0.1, 0.15) is 11.9 Å². The number of aromatic carboxylic acids is 1. The van der Waals surface area contributed by atoms with Gasteiger partial charge in [-0.3, -0.25) is 4.90 Å². The molecular weight excluding hydrogens is 532 g/mol. The molecule has 0 aromatic heterocycles. The van der Waals surface area contributed by atoms with Gasteiger partial charge in [-0.2, -0.15) is 26.3 Å². The van der Waals surface area contributed by atoms with Crippen molar-refractivity contribution in [3.8, 4) is 5.75 Å². The number of carbonyl (C=O) groups is 2. The van der Waals surface area contributed by atoms with Gasteiger partial charge in [0.25, 0.3) is 0 Å². The van der Waals surface area contributed by atoms with Gasteiger partial charge in [0.15, 0.2) is 0 Å². The normalized spacial score (nSPS) is 20.3. The minimum atomic E-state index is -5.03. The lowest BCUT2D eigenvalue weighted by Crippen LogP contribution is -2.34. The number of amides is 1. The number of hydrogen-bond donors (Lipinski definition) is 1. The third-order valence-electron chi connectivity index (χ3n) is 7.05. The van der Waals surface area contributed by atoms with Gasteiger partial charge in [-0.1, -0.05) is 0 Å². The molecule has 1 saturated heterocycles. The second kappa shape index (κ2) is 10.5. The van der Waals surface area contributed by atoms with E-state index >= 15 is 0 Å². The second-order valence-corrected chi connectivity index (χ2v) is 9.52. The molecule has 39 heavy (non-hydrogen) atoms. The maximum Gasteiger partial charge on any atom is 0.416 e. The maximum atomic E-state index is 13.4. The van der Waals surface area contributed by atoms with Crippen LogP contribution in [0, 0.1) is 0 Å². The number of ether oxygens (including phenoxy) is 2. The Bertz CT molecular complexity index is 1280. The number of nitrogens with zero attached hydrogens (tertiary/aromatic N) is 1. The van der Waals surface area contributed by atoms with Crippen LogP contribution in [0.2, 0.25) is 0 Å².